The van der Waals surface area contributed by atoms with E-state index in [-0.39, 0.29) is 17.7 Å². The van der Waals surface area contributed by atoms with Crippen LogP contribution in [0.3, 0.4) is 0 Å². The van der Waals surface area contributed by atoms with Crippen LogP contribution in [0.5, 0.6) is 0 Å². The molecule has 7 heteroatoms. The minimum absolute atomic E-state index is 0.0668. The minimum Gasteiger partial charge on any atom is -0.354 e. The molecular weight excluding hydrogens is 336 g/mol. The van der Waals surface area contributed by atoms with Crippen molar-refractivity contribution in [2.75, 3.05) is 13.1 Å². The van der Waals surface area contributed by atoms with E-state index >= 15 is 0 Å². The van der Waals surface area contributed by atoms with Gasteiger partial charge in [0, 0.05) is 23.5 Å². The third kappa shape index (κ3) is 3.33. The second kappa shape index (κ2) is 6.63. The molecule has 2 amide bonds. The zero-order valence-electron chi connectivity index (χ0n) is 14.2. The van der Waals surface area contributed by atoms with E-state index in [9.17, 15) is 9.59 Å². The molecule has 1 saturated carbocycles. The summed E-state index contributed by atoms with van der Waals surface area (Å²) in [4.78, 5) is 28.4. The molecule has 1 aliphatic carbocycles. The van der Waals surface area contributed by atoms with Crippen molar-refractivity contribution in [2.45, 2.75) is 32.4 Å². The van der Waals surface area contributed by atoms with E-state index in [0.29, 0.717) is 25.6 Å². The Hall–Kier alpha value is -2.15. The third-order valence-corrected chi connectivity index (χ3v) is 6.02. The highest BCUT2D eigenvalue weighted by Crippen LogP contribution is 2.40. The maximum absolute atomic E-state index is 12.7. The molecule has 0 bridgehead atoms. The smallest absolute Gasteiger partial charge is 0.246 e. The average Bonchev–Trinajstić information content (AvgIpc) is 3.03. The third-order valence-electron chi connectivity index (χ3n) is 5.09. The Morgan fingerprint density at radius 2 is 2.24 bits per heavy atom. The summed E-state index contributed by atoms with van der Waals surface area (Å²) in [6, 6.07) is 5.53. The van der Waals surface area contributed by atoms with Crippen molar-refractivity contribution in [1.82, 2.24) is 20.0 Å². The molecule has 6 nitrogen and oxygen atoms in total. The van der Waals surface area contributed by atoms with E-state index in [1.54, 1.807) is 22.2 Å². The Bertz CT molecular complexity index is 770. The number of rotatable bonds is 5. The molecule has 1 aliphatic heterocycles. The minimum atomic E-state index is -0.444. The quantitative estimate of drug-likeness (QED) is 0.887. The number of carbonyl (C=O) groups excluding carboxylic acids is 2. The molecule has 2 aromatic rings. The van der Waals surface area contributed by atoms with Gasteiger partial charge < -0.3 is 10.2 Å². The lowest BCUT2D eigenvalue weighted by Gasteiger charge is -2.33. The van der Waals surface area contributed by atoms with Crippen LogP contribution in [-0.4, -0.2) is 39.6 Å². The molecule has 0 spiro atoms. The lowest BCUT2D eigenvalue weighted by Crippen LogP contribution is -2.47. The van der Waals surface area contributed by atoms with Crippen LogP contribution in [0, 0.1) is 11.8 Å². The number of hydrogen-bond acceptors (Lipinski definition) is 4. The predicted molar refractivity (Wildman–Crippen MR) is 95.0 cm³/mol. The molecule has 25 heavy (non-hydrogen) atoms. The lowest BCUT2D eigenvalue weighted by molar-refractivity contribution is -0.137. The van der Waals surface area contributed by atoms with E-state index in [2.05, 4.69) is 23.4 Å². The first-order chi connectivity index (χ1) is 12.1. The van der Waals surface area contributed by atoms with Crippen LogP contribution in [0.25, 0.3) is 0 Å². The normalized spacial score (nSPS) is 24.7. The maximum Gasteiger partial charge on any atom is 0.246 e. The number of nitrogens with one attached hydrogen (secondary N) is 1. The molecule has 132 valence electrons. The van der Waals surface area contributed by atoms with E-state index in [4.69, 9.17) is 0 Å². The van der Waals surface area contributed by atoms with Crippen molar-refractivity contribution in [3.8, 4) is 0 Å². The van der Waals surface area contributed by atoms with Crippen molar-refractivity contribution in [1.29, 1.82) is 0 Å². The largest absolute Gasteiger partial charge is 0.354 e. The first-order valence-electron chi connectivity index (χ1n) is 8.74. The van der Waals surface area contributed by atoms with Crippen molar-refractivity contribution >= 4 is 23.2 Å². The summed E-state index contributed by atoms with van der Waals surface area (Å²) < 4.78 is 1.76. The summed E-state index contributed by atoms with van der Waals surface area (Å²) in [7, 11) is 0. The highest BCUT2D eigenvalue weighted by molar-refractivity contribution is 7.09. The second-order valence-corrected chi connectivity index (χ2v) is 7.97. The molecule has 4 rings (SSSR count). The van der Waals surface area contributed by atoms with Gasteiger partial charge in [0.1, 0.15) is 6.04 Å². The van der Waals surface area contributed by atoms with Crippen LogP contribution in [0.4, 0.5) is 0 Å². The van der Waals surface area contributed by atoms with Crippen LogP contribution in [0.15, 0.2) is 29.8 Å². The van der Waals surface area contributed by atoms with E-state index in [0.717, 1.165) is 18.5 Å². The number of amides is 2. The Kier molecular flexibility index (Phi) is 4.33. The zero-order valence-corrected chi connectivity index (χ0v) is 15.0. The fraction of sp³-hybridized carbons (Fsp3) is 0.500. The molecule has 0 radical (unpaired) electrons. The van der Waals surface area contributed by atoms with Gasteiger partial charge in [-0.25, -0.2) is 0 Å². The molecule has 1 N–H and O–H groups in total. The maximum atomic E-state index is 12.7. The van der Waals surface area contributed by atoms with Gasteiger partial charge in [-0.2, -0.15) is 5.10 Å². The highest BCUT2D eigenvalue weighted by atomic mass is 32.1. The molecule has 0 unspecified atom stereocenters. The van der Waals surface area contributed by atoms with Crippen molar-refractivity contribution < 1.29 is 9.59 Å². The highest BCUT2D eigenvalue weighted by Gasteiger charge is 2.43. The van der Waals surface area contributed by atoms with Gasteiger partial charge in [-0.1, -0.05) is 13.0 Å². The lowest BCUT2D eigenvalue weighted by atomic mass is 10.1. The van der Waals surface area contributed by atoms with E-state index in [1.165, 1.54) is 4.88 Å². The van der Waals surface area contributed by atoms with Gasteiger partial charge in [0.05, 0.1) is 18.8 Å². The standard InChI is InChI=1S/C18H22N4O2S/c1-12-9-15(12)18(24)21-10-13-4-7-20-22(13)16(11-21)17(23)19-6-5-14-3-2-8-25-14/h2-4,7-8,12,15-16H,5-6,9-11H2,1H3,(H,19,23)/t12-,15+,16+/m1/s1. The number of fused-ring (bicyclic) bond motifs is 1. The molecule has 3 atom stereocenters. The number of hydrogen-bond donors (Lipinski definition) is 1. The van der Waals surface area contributed by atoms with Crippen molar-refractivity contribution in [3.63, 3.8) is 0 Å². The Morgan fingerprint density at radius 3 is 2.96 bits per heavy atom. The van der Waals surface area contributed by atoms with Crippen molar-refractivity contribution in [3.05, 3.63) is 40.3 Å². The zero-order chi connectivity index (χ0) is 17.4. The van der Waals surface area contributed by atoms with Gasteiger partial charge in [-0.05, 0) is 36.3 Å². The number of thiophene rings is 1. The van der Waals surface area contributed by atoms with E-state index in [1.807, 2.05) is 22.4 Å². The van der Waals surface area contributed by atoms with Gasteiger partial charge in [0.15, 0.2) is 0 Å². The SMILES string of the molecule is C[C@@H]1C[C@@H]1C(=O)N1Cc2ccnn2[C@H](C(=O)NCCc2cccs2)C1. The first-order valence-corrected chi connectivity index (χ1v) is 9.62. The van der Waals surface area contributed by atoms with Crippen LogP contribution in [-0.2, 0) is 22.6 Å². The summed E-state index contributed by atoms with van der Waals surface area (Å²) in [5.74, 6) is 0.716. The molecule has 2 aromatic heterocycles. The van der Waals surface area contributed by atoms with Crippen LogP contribution in [0.1, 0.15) is 30.0 Å². The Labute approximate surface area is 150 Å². The molecule has 0 aromatic carbocycles. The van der Waals surface area contributed by atoms with Crippen LogP contribution >= 0.6 is 11.3 Å². The number of aromatic nitrogens is 2. The first kappa shape index (κ1) is 16.3. The topological polar surface area (TPSA) is 67.2 Å². The van der Waals surface area contributed by atoms with Crippen molar-refractivity contribution in [2.24, 2.45) is 11.8 Å². The predicted octanol–water partition coefficient (Wildman–Crippen LogP) is 1.84. The van der Waals surface area contributed by atoms with Gasteiger partial charge in [-0.15, -0.1) is 11.3 Å². The van der Waals surface area contributed by atoms with E-state index < -0.39 is 6.04 Å². The average molecular weight is 358 g/mol. The van der Waals surface area contributed by atoms with Crippen LogP contribution < -0.4 is 5.32 Å². The van der Waals surface area contributed by atoms with Crippen LogP contribution in [0.2, 0.25) is 0 Å². The van der Waals surface area contributed by atoms with Gasteiger partial charge in [-0.3, -0.25) is 14.3 Å². The van der Waals surface area contributed by atoms with Gasteiger partial charge in [0.25, 0.3) is 0 Å². The number of carbonyl (C=O) groups is 2. The Morgan fingerprint density at radius 1 is 1.40 bits per heavy atom. The summed E-state index contributed by atoms with van der Waals surface area (Å²) in [6.45, 7) is 3.65. The van der Waals surface area contributed by atoms with Gasteiger partial charge in [0.2, 0.25) is 11.8 Å². The molecular formula is C18H22N4O2S. The fourth-order valence-corrected chi connectivity index (χ4v) is 4.15. The molecule has 0 saturated heterocycles. The molecule has 3 heterocycles. The summed E-state index contributed by atoms with van der Waals surface area (Å²) in [6.07, 6.45) is 3.49. The molecule has 1 fully saturated rings. The summed E-state index contributed by atoms with van der Waals surface area (Å²) in [5.41, 5.74) is 0.923. The summed E-state index contributed by atoms with van der Waals surface area (Å²) >= 11 is 1.69. The fourth-order valence-electron chi connectivity index (χ4n) is 3.44. The summed E-state index contributed by atoms with van der Waals surface area (Å²) in [5, 5.41) is 9.35. The molecule has 2 aliphatic rings. The number of nitrogens with zero attached hydrogens (tertiary/aromatic N) is 3. The monoisotopic (exact) mass is 358 g/mol. The Balaban J connectivity index is 1.42. The second-order valence-electron chi connectivity index (χ2n) is 6.94. The van der Waals surface area contributed by atoms with Gasteiger partial charge >= 0.3 is 0 Å².